The van der Waals surface area contributed by atoms with E-state index >= 15 is 0 Å². The number of hydrogen-bond acceptors (Lipinski definition) is 5. The quantitative estimate of drug-likeness (QED) is 0.406. The number of halogens is 1. The molecule has 0 fully saturated rings. The van der Waals surface area contributed by atoms with E-state index in [9.17, 15) is 14.5 Å². The molecule has 2 aromatic carbocycles. The fourth-order valence-electron chi connectivity index (χ4n) is 2.39. The van der Waals surface area contributed by atoms with Crippen molar-refractivity contribution in [1.82, 2.24) is 14.8 Å². The van der Waals surface area contributed by atoms with Gasteiger partial charge in [0.05, 0.1) is 10.6 Å². The SMILES string of the molecule is C[C@H]([NH3+])c1nnc(SCc2ccc(F)cc2)n1-c1ccc([N+](=O)[O-])cc1. The van der Waals surface area contributed by atoms with Gasteiger partial charge in [-0.3, -0.25) is 14.7 Å². The van der Waals surface area contributed by atoms with Gasteiger partial charge < -0.3 is 5.73 Å². The third-order valence-corrected chi connectivity index (χ3v) is 4.70. The molecule has 0 aliphatic rings. The van der Waals surface area contributed by atoms with E-state index in [1.165, 1.54) is 36.0 Å². The molecule has 1 atom stereocenters. The molecular formula is C17H17FN5O2S+. The molecule has 3 N–H and O–H groups in total. The van der Waals surface area contributed by atoms with Crippen LogP contribution in [-0.4, -0.2) is 19.7 Å². The van der Waals surface area contributed by atoms with Crippen molar-refractivity contribution < 1.29 is 15.0 Å². The van der Waals surface area contributed by atoms with Crippen LogP contribution in [0.15, 0.2) is 53.7 Å². The maximum Gasteiger partial charge on any atom is 0.269 e. The summed E-state index contributed by atoms with van der Waals surface area (Å²) in [5.41, 5.74) is 5.71. The fraction of sp³-hybridized carbons (Fsp3) is 0.176. The van der Waals surface area contributed by atoms with E-state index < -0.39 is 4.92 Å². The van der Waals surface area contributed by atoms with Crippen LogP contribution in [0.5, 0.6) is 0 Å². The van der Waals surface area contributed by atoms with Crippen molar-refractivity contribution >= 4 is 17.4 Å². The van der Waals surface area contributed by atoms with Gasteiger partial charge >= 0.3 is 0 Å². The number of thioether (sulfide) groups is 1. The van der Waals surface area contributed by atoms with Crippen molar-refractivity contribution in [1.29, 1.82) is 0 Å². The smallest absolute Gasteiger partial charge is 0.269 e. The Labute approximate surface area is 153 Å². The summed E-state index contributed by atoms with van der Waals surface area (Å²) in [4.78, 5) is 10.4. The zero-order chi connectivity index (χ0) is 18.7. The molecule has 134 valence electrons. The highest BCUT2D eigenvalue weighted by Gasteiger charge is 2.20. The molecular weight excluding hydrogens is 357 g/mol. The van der Waals surface area contributed by atoms with E-state index in [0.717, 1.165) is 11.3 Å². The molecule has 0 amide bonds. The second-order valence-electron chi connectivity index (χ2n) is 5.77. The van der Waals surface area contributed by atoms with E-state index in [2.05, 4.69) is 15.9 Å². The second-order valence-corrected chi connectivity index (χ2v) is 6.71. The topological polar surface area (TPSA) is 101 Å². The first-order valence-electron chi connectivity index (χ1n) is 7.86. The molecule has 26 heavy (non-hydrogen) atoms. The third kappa shape index (κ3) is 3.89. The highest BCUT2D eigenvalue weighted by molar-refractivity contribution is 7.98. The number of benzene rings is 2. The first-order valence-corrected chi connectivity index (χ1v) is 8.84. The molecule has 0 aliphatic carbocycles. The van der Waals surface area contributed by atoms with Crippen LogP contribution in [-0.2, 0) is 5.75 Å². The maximum absolute atomic E-state index is 13.0. The fourth-order valence-corrected chi connectivity index (χ4v) is 3.30. The molecule has 0 spiro atoms. The van der Waals surface area contributed by atoms with E-state index in [0.29, 0.717) is 16.7 Å². The number of quaternary nitrogens is 1. The largest absolute Gasteiger partial charge is 0.349 e. The maximum atomic E-state index is 13.0. The minimum Gasteiger partial charge on any atom is -0.349 e. The number of hydrogen-bond donors (Lipinski definition) is 1. The van der Waals surface area contributed by atoms with Crippen molar-refractivity contribution in [2.45, 2.75) is 23.9 Å². The number of nitro groups is 1. The highest BCUT2D eigenvalue weighted by atomic mass is 32.2. The number of rotatable bonds is 6. The lowest BCUT2D eigenvalue weighted by atomic mass is 10.2. The third-order valence-electron chi connectivity index (χ3n) is 3.70. The lowest BCUT2D eigenvalue weighted by Crippen LogP contribution is -2.52. The Kier molecular flexibility index (Phi) is 5.29. The van der Waals surface area contributed by atoms with Gasteiger partial charge in [-0.15, -0.1) is 10.2 Å². The molecule has 0 unspecified atom stereocenters. The number of nitrogens with zero attached hydrogens (tertiary/aromatic N) is 4. The minimum atomic E-state index is -0.439. The average Bonchev–Trinajstić information content (AvgIpc) is 3.05. The van der Waals surface area contributed by atoms with E-state index in [-0.39, 0.29) is 17.5 Å². The average molecular weight is 374 g/mol. The van der Waals surface area contributed by atoms with Crippen molar-refractivity contribution in [3.05, 3.63) is 75.9 Å². The van der Waals surface area contributed by atoms with Crippen LogP contribution in [0.4, 0.5) is 10.1 Å². The van der Waals surface area contributed by atoms with E-state index in [1.807, 2.05) is 11.5 Å². The van der Waals surface area contributed by atoms with Crippen LogP contribution in [0.3, 0.4) is 0 Å². The molecule has 0 saturated heterocycles. The zero-order valence-electron chi connectivity index (χ0n) is 14.0. The lowest BCUT2D eigenvalue weighted by molar-refractivity contribution is -0.422. The highest BCUT2D eigenvalue weighted by Crippen LogP contribution is 2.27. The van der Waals surface area contributed by atoms with Crippen LogP contribution in [0, 0.1) is 15.9 Å². The van der Waals surface area contributed by atoms with Gasteiger partial charge in [0.2, 0.25) is 0 Å². The van der Waals surface area contributed by atoms with Gasteiger partial charge in [0.1, 0.15) is 11.9 Å². The van der Waals surface area contributed by atoms with Gasteiger partial charge in [-0.05, 0) is 36.8 Å². The number of non-ortho nitro benzene ring substituents is 1. The predicted molar refractivity (Wildman–Crippen MR) is 95.3 cm³/mol. The molecule has 3 rings (SSSR count). The van der Waals surface area contributed by atoms with Gasteiger partial charge in [0, 0.05) is 17.9 Å². The molecule has 0 saturated carbocycles. The first kappa shape index (κ1) is 18.0. The van der Waals surface area contributed by atoms with Gasteiger partial charge in [0.25, 0.3) is 5.69 Å². The first-order chi connectivity index (χ1) is 12.5. The van der Waals surface area contributed by atoms with Crippen LogP contribution in [0.1, 0.15) is 24.4 Å². The summed E-state index contributed by atoms with van der Waals surface area (Å²) < 4.78 is 14.9. The molecule has 1 aromatic heterocycles. The summed E-state index contributed by atoms with van der Waals surface area (Å²) in [6.07, 6.45) is 0. The van der Waals surface area contributed by atoms with Crippen molar-refractivity contribution in [2.75, 3.05) is 0 Å². The number of aromatic nitrogens is 3. The molecule has 0 bridgehead atoms. The normalized spacial score (nSPS) is 12.1. The van der Waals surface area contributed by atoms with Crippen LogP contribution in [0.25, 0.3) is 5.69 Å². The summed E-state index contributed by atoms with van der Waals surface area (Å²) in [5.74, 6) is 0.984. The molecule has 9 heteroatoms. The summed E-state index contributed by atoms with van der Waals surface area (Å²) >= 11 is 1.45. The van der Waals surface area contributed by atoms with Gasteiger partial charge in [-0.1, -0.05) is 23.9 Å². The lowest BCUT2D eigenvalue weighted by Gasteiger charge is -2.10. The van der Waals surface area contributed by atoms with Gasteiger partial charge in [-0.25, -0.2) is 4.39 Å². The summed E-state index contributed by atoms with van der Waals surface area (Å²) in [5, 5.41) is 19.9. The standard InChI is InChI=1S/C17H16FN5O2S/c1-11(19)16-20-21-17(26-10-12-2-4-13(18)5-3-12)22(16)14-6-8-15(9-7-14)23(24)25/h2-9,11H,10,19H2,1H3/p+1/t11-/m0/s1. The van der Waals surface area contributed by atoms with E-state index in [4.69, 9.17) is 0 Å². The molecule has 0 aliphatic heterocycles. The van der Waals surface area contributed by atoms with Gasteiger partial charge in [-0.2, -0.15) is 0 Å². The monoisotopic (exact) mass is 374 g/mol. The Morgan fingerprint density at radius 3 is 2.42 bits per heavy atom. The Morgan fingerprint density at radius 2 is 1.85 bits per heavy atom. The summed E-state index contributed by atoms with van der Waals surface area (Å²) in [6.45, 7) is 1.90. The van der Waals surface area contributed by atoms with Crippen LogP contribution >= 0.6 is 11.8 Å². The van der Waals surface area contributed by atoms with E-state index in [1.54, 1.807) is 24.3 Å². The number of nitro benzene ring substituents is 1. The zero-order valence-corrected chi connectivity index (χ0v) is 14.8. The van der Waals surface area contributed by atoms with Crippen molar-refractivity contribution in [3.63, 3.8) is 0 Å². The van der Waals surface area contributed by atoms with Crippen molar-refractivity contribution in [2.24, 2.45) is 0 Å². The van der Waals surface area contributed by atoms with Gasteiger partial charge in [0.15, 0.2) is 11.0 Å². The van der Waals surface area contributed by atoms with Crippen molar-refractivity contribution in [3.8, 4) is 5.69 Å². The summed E-state index contributed by atoms with van der Waals surface area (Å²) in [7, 11) is 0. The van der Waals surface area contributed by atoms with Crippen LogP contribution in [0.2, 0.25) is 0 Å². The molecule has 0 radical (unpaired) electrons. The Hall–Kier alpha value is -2.78. The predicted octanol–water partition coefficient (Wildman–Crippen LogP) is 2.91. The Balaban J connectivity index is 1.91. The molecule has 1 heterocycles. The van der Waals surface area contributed by atoms with Crippen LogP contribution < -0.4 is 5.73 Å². The Morgan fingerprint density at radius 1 is 1.19 bits per heavy atom. The summed E-state index contributed by atoms with van der Waals surface area (Å²) in [6, 6.07) is 12.4. The minimum absolute atomic E-state index is 0.0200. The Bertz CT molecular complexity index is 910. The molecule has 3 aromatic rings. The molecule has 7 nitrogen and oxygen atoms in total. The second kappa shape index (κ2) is 7.63.